The Bertz CT molecular complexity index is 432. The number of nitrogens with one attached hydrogen (secondary N) is 1. The van der Waals surface area contributed by atoms with E-state index in [1.165, 1.54) is 24.1 Å². The normalized spacial score (nSPS) is 27.9. The maximum atomic E-state index is 5.95. The molecule has 1 saturated heterocycles. The number of nitrogens with zero attached hydrogens (tertiary/aromatic N) is 1. The number of fused-ring (bicyclic) bond motifs is 1. The minimum absolute atomic E-state index is 0.140. The van der Waals surface area contributed by atoms with Crippen molar-refractivity contribution in [2.24, 2.45) is 0 Å². The summed E-state index contributed by atoms with van der Waals surface area (Å²) in [5.41, 5.74) is 2.67. The molecule has 20 heavy (non-hydrogen) atoms. The van der Waals surface area contributed by atoms with E-state index in [1.54, 1.807) is 0 Å². The predicted octanol–water partition coefficient (Wildman–Crippen LogP) is 1.89. The van der Waals surface area contributed by atoms with Gasteiger partial charge in [0, 0.05) is 23.9 Å². The van der Waals surface area contributed by atoms with Crippen molar-refractivity contribution in [3.8, 4) is 0 Å². The van der Waals surface area contributed by atoms with Crippen LogP contribution < -0.4 is 5.32 Å². The predicted molar refractivity (Wildman–Crippen MR) is 77.9 cm³/mol. The number of pyridine rings is 1. The standard InChI is InChI=1S/C16H24N2O2/c1-2-17-16(14-11-19-9-10-20-14)13-7-3-5-12-6-4-8-18-15(12)13/h4,6,8,13-14,16-17H,2-3,5,7,9-11H2,1H3. The largest absolute Gasteiger partial charge is 0.376 e. The van der Waals surface area contributed by atoms with E-state index in [0.29, 0.717) is 25.2 Å². The minimum atomic E-state index is 0.140. The molecular weight excluding hydrogens is 252 g/mol. The van der Waals surface area contributed by atoms with Crippen LogP contribution in [0.1, 0.15) is 36.9 Å². The number of aromatic nitrogens is 1. The Kier molecular flexibility index (Phi) is 4.65. The van der Waals surface area contributed by atoms with Crippen molar-refractivity contribution in [1.82, 2.24) is 10.3 Å². The third-order valence-corrected chi connectivity index (χ3v) is 4.35. The van der Waals surface area contributed by atoms with Gasteiger partial charge in [-0.1, -0.05) is 13.0 Å². The highest BCUT2D eigenvalue weighted by molar-refractivity contribution is 5.27. The van der Waals surface area contributed by atoms with Gasteiger partial charge in [0.2, 0.25) is 0 Å². The monoisotopic (exact) mass is 276 g/mol. The zero-order valence-corrected chi connectivity index (χ0v) is 12.2. The molecule has 1 aliphatic carbocycles. The second kappa shape index (κ2) is 6.66. The summed E-state index contributed by atoms with van der Waals surface area (Å²) in [6, 6.07) is 4.56. The molecule has 1 aromatic heterocycles. The first-order valence-corrected chi connectivity index (χ1v) is 7.76. The summed E-state index contributed by atoms with van der Waals surface area (Å²) in [5.74, 6) is 0.437. The second-order valence-corrected chi connectivity index (χ2v) is 5.61. The van der Waals surface area contributed by atoms with Gasteiger partial charge in [0.15, 0.2) is 0 Å². The van der Waals surface area contributed by atoms with Gasteiger partial charge in [-0.15, -0.1) is 0 Å². The molecule has 3 rings (SSSR count). The van der Waals surface area contributed by atoms with Crippen LogP contribution in [0, 0.1) is 0 Å². The van der Waals surface area contributed by atoms with Crippen molar-refractivity contribution in [2.75, 3.05) is 26.4 Å². The molecule has 4 heteroatoms. The summed E-state index contributed by atoms with van der Waals surface area (Å²) < 4.78 is 11.5. The second-order valence-electron chi connectivity index (χ2n) is 5.61. The first-order chi connectivity index (χ1) is 9.90. The fourth-order valence-electron chi connectivity index (χ4n) is 3.48. The Morgan fingerprint density at radius 3 is 3.20 bits per heavy atom. The Morgan fingerprint density at radius 1 is 1.45 bits per heavy atom. The summed E-state index contributed by atoms with van der Waals surface area (Å²) in [7, 11) is 0. The van der Waals surface area contributed by atoms with Gasteiger partial charge in [0.1, 0.15) is 0 Å². The van der Waals surface area contributed by atoms with E-state index in [1.807, 2.05) is 12.3 Å². The number of hydrogen-bond acceptors (Lipinski definition) is 4. The highest BCUT2D eigenvalue weighted by Gasteiger charge is 2.35. The van der Waals surface area contributed by atoms with E-state index in [9.17, 15) is 0 Å². The van der Waals surface area contributed by atoms with Gasteiger partial charge in [0.05, 0.1) is 25.9 Å². The van der Waals surface area contributed by atoms with Crippen LogP contribution in [0.2, 0.25) is 0 Å². The fourth-order valence-corrected chi connectivity index (χ4v) is 3.48. The number of aryl methyl sites for hydroxylation is 1. The zero-order chi connectivity index (χ0) is 13.8. The third kappa shape index (κ3) is 2.87. The first kappa shape index (κ1) is 14.0. The lowest BCUT2D eigenvalue weighted by atomic mass is 9.80. The summed E-state index contributed by atoms with van der Waals surface area (Å²) in [6.07, 6.45) is 5.63. The van der Waals surface area contributed by atoms with E-state index in [-0.39, 0.29) is 6.10 Å². The fraction of sp³-hybridized carbons (Fsp3) is 0.688. The van der Waals surface area contributed by atoms with Gasteiger partial charge in [-0.3, -0.25) is 4.98 Å². The Labute approximate surface area is 120 Å². The van der Waals surface area contributed by atoms with Crippen molar-refractivity contribution in [3.63, 3.8) is 0 Å². The summed E-state index contributed by atoms with van der Waals surface area (Å²) in [5, 5.41) is 3.62. The van der Waals surface area contributed by atoms with E-state index in [0.717, 1.165) is 19.6 Å². The van der Waals surface area contributed by atoms with Crippen LogP contribution in [0.4, 0.5) is 0 Å². The zero-order valence-electron chi connectivity index (χ0n) is 12.2. The molecule has 0 amide bonds. The summed E-state index contributed by atoms with van der Waals surface area (Å²) >= 11 is 0. The Hall–Kier alpha value is -0.970. The van der Waals surface area contributed by atoms with Crippen LogP contribution in [0.15, 0.2) is 18.3 Å². The maximum Gasteiger partial charge on any atom is 0.0968 e. The van der Waals surface area contributed by atoms with Crippen LogP contribution in [-0.2, 0) is 15.9 Å². The molecule has 0 aromatic carbocycles. The van der Waals surface area contributed by atoms with Crippen molar-refractivity contribution < 1.29 is 9.47 Å². The van der Waals surface area contributed by atoms with E-state index >= 15 is 0 Å². The lowest BCUT2D eigenvalue weighted by Gasteiger charge is -2.38. The van der Waals surface area contributed by atoms with Crippen LogP contribution in [0.25, 0.3) is 0 Å². The lowest BCUT2D eigenvalue weighted by molar-refractivity contribution is -0.105. The molecule has 3 unspecified atom stereocenters. The van der Waals surface area contributed by atoms with E-state index in [4.69, 9.17) is 9.47 Å². The summed E-state index contributed by atoms with van der Waals surface area (Å²) in [6.45, 7) is 5.21. The Balaban J connectivity index is 1.84. The van der Waals surface area contributed by atoms with Gasteiger partial charge >= 0.3 is 0 Å². The molecule has 1 fully saturated rings. The smallest absolute Gasteiger partial charge is 0.0968 e. The lowest BCUT2D eigenvalue weighted by Crippen LogP contribution is -2.50. The van der Waals surface area contributed by atoms with Crippen LogP contribution in [0.5, 0.6) is 0 Å². The van der Waals surface area contributed by atoms with Crippen molar-refractivity contribution >= 4 is 0 Å². The molecule has 110 valence electrons. The van der Waals surface area contributed by atoms with Crippen molar-refractivity contribution in [2.45, 2.75) is 44.2 Å². The summed E-state index contributed by atoms with van der Waals surface area (Å²) in [4.78, 5) is 4.66. The van der Waals surface area contributed by atoms with Gasteiger partial charge in [-0.25, -0.2) is 0 Å². The molecule has 0 bridgehead atoms. The molecule has 0 saturated carbocycles. The van der Waals surface area contributed by atoms with E-state index in [2.05, 4.69) is 23.3 Å². The third-order valence-electron chi connectivity index (χ3n) is 4.35. The maximum absolute atomic E-state index is 5.95. The first-order valence-electron chi connectivity index (χ1n) is 7.76. The van der Waals surface area contributed by atoms with Gasteiger partial charge in [-0.2, -0.15) is 0 Å². The molecule has 1 aliphatic heterocycles. The van der Waals surface area contributed by atoms with Gasteiger partial charge < -0.3 is 14.8 Å². The molecule has 4 nitrogen and oxygen atoms in total. The highest BCUT2D eigenvalue weighted by atomic mass is 16.6. The van der Waals surface area contributed by atoms with Gasteiger partial charge in [-0.05, 0) is 37.4 Å². The van der Waals surface area contributed by atoms with Crippen LogP contribution in [0.3, 0.4) is 0 Å². The van der Waals surface area contributed by atoms with Crippen molar-refractivity contribution in [3.05, 3.63) is 29.6 Å². The quantitative estimate of drug-likeness (QED) is 0.912. The van der Waals surface area contributed by atoms with Crippen LogP contribution >= 0.6 is 0 Å². The molecule has 0 radical (unpaired) electrons. The number of ether oxygens (including phenoxy) is 2. The highest BCUT2D eigenvalue weighted by Crippen LogP contribution is 2.34. The van der Waals surface area contributed by atoms with Crippen molar-refractivity contribution in [1.29, 1.82) is 0 Å². The average Bonchev–Trinajstić information content (AvgIpc) is 2.53. The minimum Gasteiger partial charge on any atom is -0.376 e. The molecule has 0 spiro atoms. The topological polar surface area (TPSA) is 43.4 Å². The van der Waals surface area contributed by atoms with E-state index < -0.39 is 0 Å². The molecule has 2 heterocycles. The van der Waals surface area contributed by atoms with Gasteiger partial charge in [0.25, 0.3) is 0 Å². The molecule has 1 N–H and O–H groups in total. The number of rotatable bonds is 4. The van der Waals surface area contributed by atoms with Crippen LogP contribution in [-0.4, -0.2) is 43.5 Å². The molecular formula is C16H24N2O2. The molecule has 3 atom stereocenters. The average molecular weight is 276 g/mol. The Morgan fingerprint density at radius 2 is 2.40 bits per heavy atom. The number of likely N-dealkylation sites (N-methyl/N-ethyl adjacent to an activating group) is 1. The molecule has 2 aliphatic rings. The molecule has 1 aromatic rings. The number of hydrogen-bond donors (Lipinski definition) is 1. The SMILES string of the molecule is CCNC(C1COCCO1)C1CCCc2cccnc21.